The van der Waals surface area contributed by atoms with Crippen molar-refractivity contribution in [2.24, 2.45) is 0 Å². The molecular weight excluding hydrogens is 287 g/mol. The number of hydrogen-bond donors (Lipinski definition) is 1. The van der Waals surface area contributed by atoms with E-state index in [4.69, 9.17) is 16.7 Å². The molecule has 19 heavy (non-hydrogen) atoms. The summed E-state index contributed by atoms with van der Waals surface area (Å²) < 4.78 is 13.6. The first kappa shape index (κ1) is 13.9. The van der Waals surface area contributed by atoms with Crippen LogP contribution in [0.1, 0.15) is 15.9 Å². The molecule has 2 nitrogen and oxygen atoms in total. The van der Waals surface area contributed by atoms with E-state index in [1.54, 1.807) is 12.1 Å². The second-order valence-corrected chi connectivity index (χ2v) is 5.34. The SMILES string of the molecule is O=C(O)c1ccc(F)c(CSc2ccc(Cl)cc2)c1. The average Bonchev–Trinajstić information content (AvgIpc) is 2.39. The molecule has 2 rings (SSSR count). The van der Waals surface area contributed by atoms with Gasteiger partial charge in [-0.1, -0.05) is 11.6 Å². The first-order valence-electron chi connectivity index (χ1n) is 5.46. The lowest BCUT2D eigenvalue weighted by atomic mass is 10.1. The van der Waals surface area contributed by atoms with Crippen molar-refractivity contribution in [1.82, 2.24) is 0 Å². The van der Waals surface area contributed by atoms with Gasteiger partial charge in [0.05, 0.1) is 5.56 Å². The average molecular weight is 297 g/mol. The van der Waals surface area contributed by atoms with Crippen LogP contribution in [-0.4, -0.2) is 11.1 Å². The van der Waals surface area contributed by atoms with Crippen LogP contribution in [-0.2, 0) is 5.75 Å². The number of halogens is 2. The highest BCUT2D eigenvalue weighted by Gasteiger charge is 2.08. The molecule has 0 spiro atoms. The van der Waals surface area contributed by atoms with E-state index in [2.05, 4.69) is 0 Å². The molecule has 2 aromatic rings. The smallest absolute Gasteiger partial charge is 0.335 e. The second-order valence-electron chi connectivity index (χ2n) is 3.85. The molecule has 0 saturated carbocycles. The predicted molar refractivity (Wildman–Crippen MR) is 74.4 cm³/mol. The van der Waals surface area contributed by atoms with Gasteiger partial charge in [0.15, 0.2) is 0 Å². The molecule has 0 aliphatic rings. The summed E-state index contributed by atoms with van der Waals surface area (Å²) in [5.41, 5.74) is 0.466. The second kappa shape index (κ2) is 6.08. The van der Waals surface area contributed by atoms with Gasteiger partial charge in [0, 0.05) is 15.7 Å². The molecule has 0 bridgehead atoms. The highest BCUT2D eigenvalue weighted by atomic mass is 35.5. The number of thioether (sulfide) groups is 1. The van der Waals surface area contributed by atoms with Crippen LogP contribution in [0.25, 0.3) is 0 Å². The zero-order chi connectivity index (χ0) is 13.8. The Bertz CT molecular complexity index is 599. The van der Waals surface area contributed by atoms with Crippen LogP contribution in [0.15, 0.2) is 47.4 Å². The Kier molecular flexibility index (Phi) is 4.45. The minimum absolute atomic E-state index is 0.0908. The van der Waals surface area contributed by atoms with Crippen LogP contribution in [0, 0.1) is 5.82 Å². The topological polar surface area (TPSA) is 37.3 Å². The van der Waals surface area contributed by atoms with Gasteiger partial charge in [-0.05, 0) is 48.0 Å². The normalized spacial score (nSPS) is 10.4. The summed E-state index contributed by atoms with van der Waals surface area (Å²) in [4.78, 5) is 11.8. The Morgan fingerprint density at radius 1 is 1.21 bits per heavy atom. The standard InChI is InChI=1S/C14H10ClFO2S/c15-11-2-4-12(5-3-11)19-8-10-7-9(14(17)18)1-6-13(10)16/h1-7H,8H2,(H,17,18). The third kappa shape index (κ3) is 3.72. The van der Waals surface area contributed by atoms with Gasteiger partial charge in [-0.3, -0.25) is 0 Å². The summed E-state index contributed by atoms with van der Waals surface area (Å²) >= 11 is 7.20. The number of benzene rings is 2. The fraction of sp³-hybridized carbons (Fsp3) is 0.0714. The maximum Gasteiger partial charge on any atom is 0.335 e. The molecule has 0 amide bonds. The highest BCUT2D eigenvalue weighted by molar-refractivity contribution is 7.98. The van der Waals surface area contributed by atoms with Crippen molar-refractivity contribution in [3.8, 4) is 0 Å². The summed E-state index contributed by atoms with van der Waals surface area (Å²) in [6, 6.07) is 11.0. The van der Waals surface area contributed by atoms with Crippen molar-refractivity contribution in [1.29, 1.82) is 0 Å². The van der Waals surface area contributed by atoms with Gasteiger partial charge in [-0.15, -0.1) is 11.8 Å². The molecule has 5 heteroatoms. The summed E-state index contributed by atoms with van der Waals surface area (Å²) in [6.07, 6.45) is 0. The van der Waals surface area contributed by atoms with E-state index >= 15 is 0 Å². The molecule has 0 aliphatic carbocycles. The molecule has 0 aromatic heterocycles. The molecule has 0 radical (unpaired) electrons. The van der Waals surface area contributed by atoms with Crippen molar-refractivity contribution in [2.75, 3.05) is 0 Å². The summed E-state index contributed by atoms with van der Waals surface area (Å²) in [5.74, 6) is -1.08. The molecular formula is C14H10ClFO2S. The summed E-state index contributed by atoms with van der Waals surface area (Å²) in [7, 11) is 0. The fourth-order valence-electron chi connectivity index (χ4n) is 1.51. The van der Waals surface area contributed by atoms with Crippen LogP contribution in [0.2, 0.25) is 5.02 Å². The van der Waals surface area contributed by atoms with Crippen LogP contribution in [0.3, 0.4) is 0 Å². The van der Waals surface area contributed by atoms with Gasteiger partial charge < -0.3 is 5.11 Å². The van der Waals surface area contributed by atoms with Crippen molar-refractivity contribution < 1.29 is 14.3 Å². The van der Waals surface area contributed by atoms with E-state index in [1.807, 2.05) is 12.1 Å². The lowest BCUT2D eigenvalue weighted by molar-refractivity contribution is 0.0696. The minimum Gasteiger partial charge on any atom is -0.478 e. The minimum atomic E-state index is -1.06. The maximum atomic E-state index is 13.6. The van der Waals surface area contributed by atoms with E-state index in [-0.39, 0.29) is 5.56 Å². The quantitative estimate of drug-likeness (QED) is 0.846. The Labute approximate surface area is 119 Å². The van der Waals surface area contributed by atoms with Crippen LogP contribution in [0.5, 0.6) is 0 Å². The number of carboxylic acids is 1. The third-order valence-electron chi connectivity index (χ3n) is 2.50. The van der Waals surface area contributed by atoms with Gasteiger partial charge in [0.1, 0.15) is 5.82 Å². The van der Waals surface area contributed by atoms with Crippen molar-refractivity contribution >= 4 is 29.3 Å². The van der Waals surface area contributed by atoms with Crippen LogP contribution < -0.4 is 0 Å². The lowest BCUT2D eigenvalue weighted by Gasteiger charge is -2.05. The zero-order valence-corrected chi connectivity index (χ0v) is 11.3. The van der Waals surface area contributed by atoms with Crippen LogP contribution in [0.4, 0.5) is 4.39 Å². The number of hydrogen-bond acceptors (Lipinski definition) is 2. The Balaban J connectivity index is 2.12. The monoisotopic (exact) mass is 296 g/mol. The van der Waals surface area contributed by atoms with Gasteiger partial charge in [-0.25, -0.2) is 9.18 Å². The summed E-state index contributed by atoms with van der Waals surface area (Å²) in [5, 5.41) is 9.51. The lowest BCUT2D eigenvalue weighted by Crippen LogP contribution is -1.99. The van der Waals surface area contributed by atoms with E-state index in [9.17, 15) is 9.18 Å². The Morgan fingerprint density at radius 3 is 2.53 bits per heavy atom. The van der Waals surface area contributed by atoms with E-state index in [0.29, 0.717) is 16.3 Å². The zero-order valence-electron chi connectivity index (χ0n) is 9.77. The van der Waals surface area contributed by atoms with Gasteiger partial charge in [0.25, 0.3) is 0 Å². The molecule has 0 fully saturated rings. The third-order valence-corrected chi connectivity index (χ3v) is 3.81. The van der Waals surface area contributed by atoms with E-state index in [1.165, 1.54) is 30.0 Å². The molecule has 1 N–H and O–H groups in total. The van der Waals surface area contributed by atoms with Crippen molar-refractivity contribution in [3.05, 3.63) is 64.4 Å². The fourth-order valence-corrected chi connectivity index (χ4v) is 2.51. The molecule has 0 aliphatic heterocycles. The van der Waals surface area contributed by atoms with Gasteiger partial charge >= 0.3 is 5.97 Å². The first-order chi connectivity index (χ1) is 9.06. The van der Waals surface area contributed by atoms with E-state index < -0.39 is 11.8 Å². The summed E-state index contributed by atoms with van der Waals surface area (Å²) in [6.45, 7) is 0. The van der Waals surface area contributed by atoms with Crippen molar-refractivity contribution in [3.63, 3.8) is 0 Å². The number of rotatable bonds is 4. The first-order valence-corrected chi connectivity index (χ1v) is 6.83. The predicted octanol–water partition coefficient (Wildman–Crippen LogP) is 4.47. The Morgan fingerprint density at radius 2 is 1.89 bits per heavy atom. The van der Waals surface area contributed by atoms with Crippen LogP contribution >= 0.6 is 23.4 Å². The molecule has 0 unspecified atom stereocenters. The molecule has 0 heterocycles. The molecule has 2 aromatic carbocycles. The number of aromatic carboxylic acids is 1. The van der Waals surface area contributed by atoms with Gasteiger partial charge in [0.2, 0.25) is 0 Å². The van der Waals surface area contributed by atoms with E-state index in [0.717, 1.165) is 4.90 Å². The van der Waals surface area contributed by atoms with Crippen molar-refractivity contribution in [2.45, 2.75) is 10.6 Å². The number of carboxylic acid groups (broad SMARTS) is 1. The van der Waals surface area contributed by atoms with Gasteiger partial charge in [-0.2, -0.15) is 0 Å². The number of carbonyl (C=O) groups is 1. The highest BCUT2D eigenvalue weighted by Crippen LogP contribution is 2.25. The Hall–Kier alpha value is -1.52. The maximum absolute atomic E-state index is 13.6. The molecule has 98 valence electrons. The largest absolute Gasteiger partial charge is 0.478 e. The molecule has 0 atom stereocenters. The molecule has 0 saturated heterocycles.